The number of ether oxygens (including phenoxy) is 1. The Balaban J connectivity index is 2.04. The molecule has 0 spiro atoms. The van der Waals surface area contributed by atoms with Crippen molar-refractivity contribution in [2.24, 2.45) is 5.41 Å². The first-order chi connectivity index (χ1) is 8.61. The summed E-state index contributed by atoms with van der Waals surface area (Å²) < 4.78 is 5.56. The first-order valence-corrected chi connectivity index (χ1v) is 6.95. The molecule has 0 bridgehead atoms. The van der Waals surface area contributed by atoms with Gasteiger partial charge in [0.2, 0.25) is 5.88 Å². The Kier molecular flexibility index (Phi) is 4.10. The summed E-state index contributed by atoms with van der Waals surface area (Å²) >= 11 is 0. The number of aromatic nitrogens is 1. The first kappa shape index (κ1) is 13.2. The highest BCUT2D eigenvalue weighted by atomic mass is 16.5. The molecule has 1 aliphatic carbocycles. The van der Waals surface area contributed by atoms with Gasteiger partial charge in [-0.3, -0.25) is 0 Å². The third-order valence-corrected chi connectivity index (χ3v) is 3.62. The van der Waals surface area contributed by atoms with E-state index in [1.807, 2.05) is 13.0 Å². The molecule has 1 aromatic heterocycles. The molecule has 1 heterocycles. The standard InChI is InChI=1S/C15H24N2O/c1-4-18-14-13(8-6-10-16-14)17-12-7-5-9-15(2,3)11-12/h6,8,10,12,17H,4-5,7,9,11H2,1-3H3. The van der Waals surface area contributed by atoms with E-state index in [1.165, 1.54) is 25.7 Å². The zero-order chi connectivity index (χ0) is 13.0. The number of rotatable bonds is 4. The number of nitrogens with zero attached hydrogens (tertiary/aromatic N) is 1. The molecule has 1 aromatic rings. The topological polar surface area (TPSA) is 34.1 Å². The van der Waals surface area contributed by atoms with E-state index in [0.717, 1.165) is 11.6 Å². The van der Waals surface area contributed by atoms with Gasteiger partial charge in [0.05, 0.1) is 12.3 Å². The molecule has 1 fully saturated rings. The minimum atomic E-state index is 0.448. The number of pyridine rings is 1. The van der Waals surface area contributed by atoms with Gasteiger partial charge in [-0.1, -0.05) is 20.3 Å². The molecule has 0 radical (unpaired) electrons. The van der Waals surface area contributed by atoms with Crippen LogP contribution in [-0.4, -0.2) is 17.6 Å². The van der Waals surface area contributed by atoms with Crippen LogP contribution in [0.1, 0.15) is 46.5 Å². The van der Waals surface area contributed by atoms with Crippen molar-refractivity contribution < 1.29 is 4.74 Å². The van der Waals surface area contributed by atoms with Gasteiger partial charge in [-0.15, -0.1) is 0 Å². The van der Waals surface area contributed by atoms with Gasteiger partial charge < -0.3 is 10.1 Å². The number of nitrogens with one attached hydrogen (secondary N) is 1. The largest absolute Gasteiger partial charge is 0.476 e. The summed E-state index contributed by atoms with van der Waals surface area (Å²) in [6.45, 7) is 7.35. The van der Waals surface area contributed by atoms with Crippen molar-refractivity contribution >= 4 is 5.69 Å². The molecule has 0 aromatic carbocycles. The van der Waals surface area contributed by atoms with Crippen LogP contribution in [0.25, 0.3) is 0 Å². The predicted octanol–water partition coefficient (Wildman–Crippen LogP) is 3.86. The highest BCUT2D eigenvalue weighted by Crippen LogP contribution is 2.37. The van der Waals surface area contributed by atoms with Crippen LogP contribution in [-0.2, 0) is 0 Å². The van der Waals surface area contributed by atoms with E-state index < -0.39 is 0 Å². The van der Waals surface area contributed by atoms with Gasteiger partial charge >= 0.3 is 0 Å². The fraction of sp³-hybridized carbons (Fsp3) is 0.667. The Labute approximate surface area is 110 Å². The summed E-state index contributed by atoms with van der Waals surface area (Å²) in [5, 5.41) is 3.60. The normalized spacial score (nSPS) is 22.5. The molecule has 18 heavy (non-hydrogen) atoms. The van der Waals surface area contributed by atoms with E-state index >= 15 is 0 Å². The van der Waals surface area contributed by atoms with Gasteiger partial charge in [0.1, 0.15) is 0 Å². The molecule has 1 aliphatic rings. The van der Waals surface area contributed by atoms with Crippen molar-refractivity contribution in [3.05, 3.63) is 18.3 Å². The van der Waals surface area contributed by atoms with Gasteiger partial charge in [0.15, 0.2) is 0 Å². The van der Waals surface area contributed by atoms with E-state index in [4.69, 9.17) is 4.74 Å². The second-order valence-electron chi connectivity index (χ2n) is 5.89. The summed E-state index contributed by atoms with van der Waals surface area (Å²) in [5.41, 5.74) is 1.48. The van der Waals surface area contributed by atoms with Crippen LogP contribution in [0.4, 0.5) is 5.69 Å². The van der Waals surface area contributed by atoms with Crippen molar-refractivity contribution in [2.45, 2.75) is 52.5 Å². The van der Waals surface area contributed by atoms with Crippen LogP contribution in [0.5, 0.6) is 5.88 Å². The third-order valence-electron chi connectivity index (χ3n) is 3.62. The molecule has 3 nitrogen and oxygen atoms in total. The van der Waals surface area contributed by atoms with Crippen molar-refractivity contribution in [2.75, 3.05) is 11.9 Å². The molecule has 0 amide bonds. The maximum Gasteiger partial charge on any atom is 0.237 e. The van der Waals surface area contributed by atoms with Crippen molar-refractivity contribution in [1.82, 2.24) is 4.98 Å². The molecule has 1 saturated carbocycles. The Bertz CT molecular complexity index is 390. The fourth-order valence-electron chi connectivity index (χ4n) is 2.79. The highest BCUT2D eigenvalue weighted by molar-refractivity contribution is 5.52. The SMILES string of the molecule is CCOc1ncccc1NC1CCCC(C)(C)C1. The lowest BCUT2D eigenvalue weighted by atomic mass is 9.75. The smallest absolute Gasteiger partial charge is 0.237 e. The number of hydrogen-bond donors (Lipinski definition) is 1. The van der Waals surface area contributed by atoms with E-state index in [1.54, 1.807) is 6.20 Å². The zero-order valence-corrected chi connectivity index (χ0v) is 11.7. The lowest BCUT2D eigenvalue weighted by Crippen LogP contribution is -2.31. The van der Waals surface area contributed by atoms with E-state index in [9.17, 15) is 0 Å². The molecule has 0 aliphatic heterocycles. The lowest BCUT2D eigenvalue weighted by Gasteiger charge is -2.36. The molecule has 2 rings (SSSR count). The molecule has 1 unspecified atom stereocenters. The number of anilines is 1. The van der Waals surface area contributed by atoms with Crippen molar-refractivity contribution in [1.29, 1.82) is 0 Å². The summed E-state index contributed by atoms with van der Waals surface area (Å²) in [6.07, 6.45) is 6.86. The van der Waals surface area contributed by atoms with Crippen molar-refractivity contribution in [3.63, 3.8) is 0 Å². The lowest BCUT2D eigenvalue weighted by molar-refractivity contribution is 0.229. The van der Waals surface area contributed by atoms with Crippen LogP contribution in [0.3, 0.4) is 0 Å². The summed E-state index contributed by atoms with van der Waals surface area (Å²) in [7, 11) is 0. The van der Waals surface area contributed by atoms with Crippen LogP contribution >= 0.6 is 0 Å². The maximum absolute atomic E-state index is 5.56. The molecule has 1 N–H and O–H groups in total. The molecular formula is C15H24N2O. The van der Waals surface area contributed by atoms with Crippen LogP contribution in [0.15, 0.2) is 18.3 Å². The second-order valence-corrected chi connectivity index (χ2v) is 5.89. The number of hydrogen-bond acceptors (Lipinski definition) is 3. The average Bonchev–Trinajstić information content (AvgIpc) is 2.31. The highest BCUT2D eigenvalue weighted by Gasteiger charge is 2.28. The summed E-state index contributed by atoms with van der Waals surface area (Å²) in [4.78, 5) is 4.29. The first-order valence-electron chi connectivity index (χ1n) is 6.95. The van der Waals surface area contributed by atoms with Gasteiger partial charge in [-0.05, 0) is 43.7 Å². The summed E-state index contributed by atoms with van der Waals surface area (Å²) in [5.74, 6) is 0.725. The third kappa shape index (κ3) is 3.37. The molecule has 3 heteroatoms. The molecular weight excluding hydrogens is 224 g/mol. The van der Waals surface area contributed by atoms with Gasteiger partial charge in [-0.25, -0.2) is 4.98 Å². The maximum atomic E-state index is 5.56. The second kappa shape index (κ2) is 5.59. The van der Waals surface area contributed by atoms with E-state index in [0.29, 0.717) is 18.1 Å². The van der Waals surface area contributed by atoms with E-state index in [-0.39, 0.29) is 0 Å². The molecule has 100 valence electrons. The zero-order valence-electron chi connectivity index (χ0n) is 11.7. The van der Waals surface area contributed by atoms with Gasteiger partial charge in [0.25, 0.3) is 0 Å². The van der Waals surface area contributed by atoms with Crippen LogP contribution < -0.4 is 10.1 Å². The van der Waals surface area contributed by atoms with Crippen LogP contribution in [0, 0.1) is 5.41 Å². The Morgan fingerprint density at radius 3 is 3.06 bits per heavy atom. The minimum absolute atomic E-state index is 0.448. The Morgan fingerprint density at radius 2 is 2.33 bits per heavy atom. The van der Waals surface area contributed by atoms with Gasteiger partial charge in [0, 0.05) is 12.2 Å². The summed E-state index contributed by atoms with van der Waals surface area (Å²) in [6, 6.07) is 4.55. The molecule has 1 atom stereocenters. The predicted molar refractivity (Wildman–Crippen MR) is 75.1 cm³/mol. The van der Waals surface area contributed by atoms with Gasteiger partial charge in [-0.2, -0.15) is 0 Å². The van der Waals surface area contributed by atoms with Crippen LogP contribution in [0.2, 0.25) is 0 Å². The fourth-order valence-corrected chi connectivity index (χ4v) is 2.79. The molecule has 0 saturated heterocycles. The quantitative estimate of drug-likeness (QED) is 0.878. The Morgan fingerprint density at radius 1 is 1.50 bits per heavy atom. The average molecular weight is 248 g/mol. The van der Waals surface area contributed by atoms with E-state index in [2.05, 4.69) is 30.2 Å². The minimum Gasteiger partial charge on any atom is -0.476 e. The Hall–Kier alpha value is -1.25. The monoisotopic (exact) mass is 248 g/mol. The van der Waals surface area contributed by atoms with Crippen molar-refractivity contribution in [3.8, 4) is 5.88 Å².